The van der Waals surface area contributed by atoms with Gasteiger partial charge in [0.15, 0.2) is 5.78 Å². The number of ether oxygens (including phenoxy) is 2. The maximum Gasteiger partial charge on any atom is 0.169 e. The van der Waals surface area contributed by atoms with Gasteiger partial charge in [0, 0.05) is 24.2 Å². The van der Waals surface area contributed by atoms with Crippen LogP contribution in [0, 0.1) is 5.82 Å². The van der Waals surface area contributed by atoms with Gasteiger partial charge in [-0.15, -0.1) is 0 Å². The third-order valence-corrected chi connectivity index (χ3v) is 3.09. The van der Waals surface area contributed by atoms with Crippen molar-refractivity contribution in [3.05, 3.63) is 53.6 Å². The van der Waals surface area contributed by atoms with Crippen molar-refractivity contribution in [2.75, 3.05) is 6.61 Å². The number of rotatable bonds is 3. The molecule has 0 spiro atoms. The number of nitrogens with zero attached hydrogens (tertiary/aromatic N) is 1. The molecule has 0 N–H and O–H groups in total. The van der Waals surface area contributed by atoms with Gasteiger partial charge in [-0.3, -0.25) is 9.78 Å². The Morgan fingerprint density at radius 2 is 2.25 bits per heavy atom. The second-order valence-corrected chi connectivity index (χ2v) is 4.44. The smallest absolute Gasteiger partial charge is 0.169 e. The minimum atomic E-state index is -0.406. The standard InChI is InChI=1S/C15H12FNO3/c16-13-8-17-5-3-10(13)9-20-11-1-2-12-14(18)4-6-19-15(12)7-11/h1-3,5,7-8H,4,6,9H2. The normalized spacial score (nSPS) is 13.6. The maximum absolute atomic E-state index is 13.4. The molecule has 1 aromatic heterocycles. The van der Waals surface area contributed by atoms with Gasteiger partial charge < -0.3 is 9.47 Å². The molecule has 0 unspecified atom stereocenters. The SMILES string of the molecule is O=C1CCOc2cc(OCc3ccncc3F)ccc21. The first-order chi connectivity index (χ1) is 9.74. The predicted octanol–water partition coefficient (Wildman–Crippen LogP) is 2.76. The van der Waals surface area contributed by atoms with E-state index in [1.807, 2.05) is 0 Å². The Morgan fingerprint density at radius 1 is 1.35 bits per heavy atom. The van der Waals surface area contributed by atoms with Crippen LogP contribution in [0.1, 0.15) is 22.3 Å². The average Bonchev–Trinajstić information content (AvgIpc) is 2.46. The summed E-state index contributed by atoms with van der Waals surface area (Å²) >= 11 is 0. The van der Waals surface area contributed by atoms with Crippen LogP contribution in [0.25, 0.3) is 0 Å². The second-order valence-electron chi connectivity index (χ2n) is 4.44. The lowest BCUT2D eigenvalue weighted by Crippen LogP contribution is -2.15. The van der Waals surface area contributed by atoms with Crippen molar-refractivity contribution >= 4 is 5.78 Å². The Bertz CT molecular complexity index is 657. The molecule has 0 aliphatic carbocycles. The van der Waals surface area contributed by atoms with Gasteiger partial charge in [0.05, 0.1) is 18.4 Å². The van der Waals surface area contributed by atoms with E-state index < -0.39 is 5.82 Å². The Morgan fingerprint density at radius 3 is 3.10 bits per heavy atom. The van der Waals surface area contributed by atoms with E-state index in [2.05, 4.69) is 4.98 Å². The lowest BCUT2D eigenvalue weighted by molar-refractivity contribution is 0.0933. The molecule has 3 rings (SSSR count). The summed E-state index contributed by atoms with van der Waals surface area (Å²) in [6, 6.07) is 6.58. The van der Waals surface area contributed by atoms with E-state index in [9.17, 15) is 9.18 Å². The van der Waals surface area contributed by atoms with Crippen LogP contribution in [0.15, 0.2) is 36.7 Å². The molecule has 0 bridgehead atoms. The summed E-state index contributed by atoms with van der Waals surface area (Å²) in [5.74, 6) is 0.721. The third-order valence-electron chi connectivity index (χ3n) is 3.09. The summed E-state index contributed by atoms with van der Waals surface area (Å²) < 4.78 is 24.3. The van der Waals surface area contributed by atoms with Crippen LogP contribution in [-0.4, -0.2) is 17.4 Å². The van der Waals surface area contributed by atoms with E-state index in [1.165, 1.54) is 6.20 Å². The number of pyridine rings is 1. The van der Waals surface area contributed by atoms with Crippen LogP contribution in [0.4, 0.5) is 4.39 Å². The summed E-state index contributed by atoms with van der Waals surface area (Å²) in [4.78, 5) is 15.3. The molecule has 4 nitrogen and oxygen atoms in total. The number of carbonyl (C=O) groups is 1. The molecule has 0 atom stereocenters. The highest BCUT2D eigenvalue weighted by Crippen LogP contribution is 2.29. The first kappa shape index (κ1) is 12.6. The molecule has 2 heterocycles. The van der Waals surface area contributed by atoms with Crippen LogP contribution >= 0.6 is 0 Å². The molecule has 0 radical (unpaired) electrons. The molecule has 0 amide bonds. The summed E-state index contributed by atoms with van der Waals surface area (Å²) in [5, 5.41) is 0. The third kappa shape index (κ3) is 2.47. The molecular weight excluding hydrogens is 261 g/mol. The fraction of sp³-hybridized carbons (Fsp3) is 0.200. The van der Waals surface area contributed by atoms with Crippen molar-refractivity contribution in [1.82, 2.24) is 4.98 Å². The van der Waals surface area contributed by atoms with Crippen LogP contribution in [0.2, 0.25) is 0 Å². The highest BCUT2D eigenvalue weighted by atomic mass is 19.1. The first-order valence-electron chi connectivity index (χ1n) is 6.25. The van der Waals surface area contributed by atoms with E-state index in [1.54, 1.807) is 24.3 Å². The van der Waals surface area contributed by atoms with Gasteiger partial charge in [0.2, 0.25) is 0 Å². The van der Waals surface area contributed by atoms with Crippen LogP contribution in [0.3, 0.4) is 0 Å². The molecule has 0 saturated carbocycles. The van der Waals surface area contributed by atoms with Crippen molar-refractivity contribution in [1.29, 1.82) is 0 Å². The van der Waals surface area contributed by atoms with Gasteiger partial charge in [0.1, 0.15) is 23.9 Å². The van der Waals surface area contributed by atoms with E-state index >= 15 is 0 Å². The summed E-state index contributed by atoms with van der Waals surface area (Å²) in [6.45, 7) is 0.482. The number of halogens is 1. The van der Waals surface area contributed by atoms with Crippen molar-refractivity contribution in [3.63, 3.8) is 0 Å². The Kier molecular flexibility index (Phi) is 3.33. The fourth-order valence-corrected chi connectivity index (χ4v) is 2.01. The summed E-state index contributed by atoms with van der Waals surface area (Å²) in [5.41, 5.74) is 0.994. The molecular formula is C15H12FNO3. The van der Waals surface area contributed by atoms with Gasteiger partial charge in [-0.25, -0.2) is 4.39 Å². The molecule has 0 fully saturated rings. The number of ketones is 1. The van der Waals surface area contributed by atoms with Gasteiger partial charge in [-0.05, 0) is 18.2 Å². The lowest BCUT2D eigenvalue weighted by Gasteiger charge is -2.17. The first-order valence-corrected chi connectivity index (χ1v) is 6.25. The topological polar surface area (TPSA) is 48.4 Å². The summed E-state index contributed by atoms with van der Waals surface area (Å²) in [6.07, 6.45) is 3.05. The molecule has 102 valence electrons. The highest BCUT2D eigenvalue weighted by molar-refractivity contribution is 5.99. The van der Waals surface area contributed by atoms with Crippen LogP contribution < -0.4 is 9.47 Å². The summed E-state index contributed by atoms with van der Waals surface area (Å²) in [7, 11) is 0. The molecule has 5 heteroatoms. The average molecular weight is 273 g/mol. The largest absolute Gasteiger partial charge is 0.492 e. The van der Waals surface area contributed by atoms with E-state index in [4.69, 9.17) is 9.47 Å². The van der Waals surface area contributed by atoms with Crippen LogP contribution in [-0.2, 0) is 6.61 Å². The van der Waals surface area contributed by atoms with Crippen molar-refractivity contribution in [2.45, 2.75) is 13.0 Å². The zero-order chi connectivity index (χ0) is 13.9. The molecule has 20 heavy (non-hydrogen) atoms. The van der Waals surface area contributed by atoms with E-state index in [0.717, 1.165) is 6.20 Å². The number of benzene rings is 1. The minimum absolute atomic E-state index is 0.0676. The zero-order valence-electron chi connectivity index (χ0n) is 10.6. The van der Waals surface area contributed by atoms with Gasteiger partial charge in [0.25, 0.3) is 0 Å². The number of aromatic nitrogens is 1. The number of carbonyl (C=O) groups excluding carboxylic acids is 1. The van der Waals surface area contributed by atoms with Gasteiger partial charge in [-0.1, -0.05) is 0 Å². The molecule has 1 aromatic carbocycles. The Labute approximate surface area is 115 Å². The quantitative estimate of drug-likeness (QED) is 0.862. The van der Waals surface area contributed by atoms with Crippen molar-refractivity contribution in [2.24, 2.45) is 0 Å². The second kappa shape index (κ2) is 5.28. The molecule has 0 saturated heterocycles. The highest BCUT2D eigenvalue weighted by Gasteiger charge is 2.18. The Hall–Kier alpha value is -2.43. The number of hydrogen-bond acceptors (Lipinski definition) is 4. The van der Waals surface area contributed by atoms with Gasteiger partial charge >= 0.3 is 0 Å². The minimum Gasteiger partial charge on any atom is -0.492 e. The lowest BCUT2D eigenvalue weighted by atomic mass is 10.1. The fourth-order valence-electron chi connectivity index (χ4n) is 2.01. The van der Waals surface area contributed by atoms with Crippen molar-refractivity contribution in [3.8, 4) is 11.5 Å². The number of Topliss-reactive ketones (excluding diaryl/α,β-unsaturated/α-hetero) is 1. The van der Waals surface area contributed by atoms with E-state index in [-0.39, 0.29) is 12.4 Å². The number of fused-ring (bicyclic) bond motifs is 1. The van der Waals surface area contributed by atoms with Crippen LogP contribution in [0.5, 0.6) is 11.5 Å². The van der Waals surface area contributed by atoms with Crippen molar-refractivity contribution < 1.29 is 18.7 Å². The zero-order valence-corrected chi connectivity index (χ0v) is 10.6. The predicted molar refractivity (Wildman–Crippen MR) is 69.4 cm³/mol. The monoisotopic (exact) mass is 273 g/mol. The molecule has 2 aromatic rings. The maximum atomic E-state index is 13.4. The van der Waals surface area contributed by atoms with Gasteiger partial charge in [-0.2, -0.15) is 0 Å². The number of hydrogen-bond donors (Lipinski definition) is 0. The molecule has 1 aliphatic heterocycles. The molecule has 1 aliphatic rings. The van der Waals surface area contributed by atoms with E-state index in [0.29, 0.717) is 35.7 Å². The Balaban J connectivity index is 1.76.